The Bertz CT molecular complexity index is 973. The van der Waals surface area contributed by atoms with E-state index in [0.717, 1.165) is 16.6 Å². The SMILES string of the molecule is CSc1nc2c(-c3cc(F)c(F)c(F)c3)c(C(C)C)nn2c(=O)[nH]1. The predicted molar refractivity (Wildman–Crippen MR) is 84.8 cm³/mol. The van der Waals surface area contributed by atoms with Crippen molar-refractivity contribution in [3.63, 3.8) is 0 Å². The Balaban J connectivity index is 2.43. The van der Waals surface area contributed by atoms with Crippen LogP contribution in [0.5, 0.6) is 0 Å². The van der Waals surface area contributed by atoms with Crippen LogP contribution in [-0.4, -0.2) is 25.8 Å². The molecule has 0 spiro atoms. The summed E-state index contributed by atoms with van der Waals surface area (Å²) in [7, 11) is 0. The van der Waals surface area contributed by atoms with E-state index in [1.165, 1.54) is 11.8 Å². The molecule has 0 aliphatic rings. The van der Waals surface area contributed by atoms with E-state index in [1.807, 2.05) is 13.8 Å². The van der Waals surface area contributed by atoms with Gasteiger partial charge in [-0.2, -0.15) is 9.61 Å². The van der Waals surface area contributed by atoms with Crippen molar-refractivity contribution in [3.8, 4) is 11.1 Å². The van der Waals surface area contributed by atoms with Gasteiger partial charge in [0.15, 0.2) is 28.3 Å². The van der Waals surface area contributed by atoms with Crippen molar-refractivity contribution in [1.82, 2.24) is 19.6 Å². The second kappa shape index (κ2) is 5.97. The van der Waals surface area contributed by atoms with Gasteiger partial charge in [0.05, 0.1) is 11.3 Å². The molecular weight excluding hydrogens is 341 g/mol. The van der Waals surface area contributed by atoms with E-state index in [1.54, 1.807) is 6.26 Å². The van der Waals surface area contributed by atoms with Crippen LogP contribution in [0.2, 0.25) is 0 Å². The Morgan fingerprint density at radius 3 is 2.38 bits per heavy atom. The lowest BCUT2D eigenvalue weighted by Crippen LogP contribution is -2.19. The number of benzene rings is 1. The summed E-state index contributed by atoms with van der Waals surface area (Å²) in [5, 5.41) is 4.55. The highest BCUT2D eigenvalue weighted by Gasteiger charge is 2.23. The third-order valence-corrected chi connectivity index (χ3v) is 4.09. The fraction of sp³-hybridized carbons (Fsp3) is 0.267. The quantitative estimate of drug-likeness (QED) is 0.579. The Hall–Kier alpha value is -2.29. The largest absolute Gasteiger partial charge is 0.350 e. The molecule has 0 aliphatic carbocycles. The first-order valence-electron chi connectivity index (χ1n) is 7.05. The monoisotopic (exact) mass is 354 g/mol. The van der Waals surface area contributed by atoms with Gasteiger partial charge in [-0.15, -0.1) is 0 Å². The summed E-state index contributed by atoms with van der Waals surface area (Å²) in [4.78, 5) is 19.0. The van der Waals surface area contributed by atoms with Gasteiger partial charge in [0.25, 0.3) is 0 Å². The molecule has 0 fully saturated rings. The van der Waals surface area contributed by atoms with Crippen molar-refractivity contribution in [2.75, 3.05) is 6.26 Å². The minimum absolute atomic E-state index is 0.0789. The highest BCUT2D eigenvalue weighted by Crippen LogP contribution is 2.33. The van der Waals surface area contributed by atoms with Crippen LogP contribution in [0.3, 0.4) is 0 Å². The summed E-state index contributed by atoms with van der Waals surface area (Å²) in [6.45, 7) is 3.65. The molecule has 0 bridgehead atoms. The number of aromatic amines is 1. The summed E-state index contributed by atoms with van der Waals surface area (Å²) in [5.74, 6) is -4.31. The predicted octanol–water partition coefficient (Wildman–Crippen LogP) is 3.35. The maximum Gasteiger partial charge on any atom is 0.350 e. The molecule has 3 aromatic rings. The molecule has 2 aromatic heterocycles. The second-order valence-electron chi connectivity index (χ2n) is 5.46. The van der Waals surface area contributed by atoms with E-state index in [-0.39, 0.29) is 17.1 Å². The number of halogens is 3. The molecule has 1 N–H and O–H groups in total. The molecule has 0 radical (unpaired) electrons. The van der Waals surface area contributed by atoms with E-state index in [0.29, 0.717) is 16.4 Å². The van der Waals surface area contributed by atoms with Gasteiger partial charge in [-0.1, -0.05) is 25.6 Å². The van der Waals surface area contributed by atoms with Crippen LogP contribution in [0.25, 0.3) is 16.8 Å². The number of nitrogens with zero attached hydrogens (tertiary/aromatic N) is 3. The van der Waals surface area contributed by atoms with Crippen molar-refractivity contribution < 1.29 is 13.2 Å². The van der Waals surface area contributed by atoms with Gasteiger partial charge in [0, 0.05) is 0 Å². The van der Waals surface area contributed by atoms with E-state index >= 15 is 0 Å². The van der Waals surface area contributed by atoms with Gasteiger partial charge in [-0.05, 0) is 29.9 Å². The number of thioether (sulfide) groups is 1. The molecule has 0 unspecified atom stereocenters. The molecule has 0 atom stereocenters. The Morgan fingerprint density at radius 1 is 1.21 bits per heavy atom. The average Bonchev–Trinajstić information content (AvgIpc) is 2.92. The van der Waals surface area contributed by atoms with Gasteiger partial charge < -0.3 is 0 Å². The number of H-pyrrole nitrogens is 1. The third-order valence-electron chi connectivity index (χ3n) is 3.51. The normalized spacial score (nSPS) is 11.6. The van der Waals surface area contributed by atoms with Gasteiger partial charge in [-0.3, -0.25) is 4.98 Å². The second-order valence-corrected chi connectivity index (χ2v) is 6.25. The standard InChI is InChI=1S/C15H13F3N4OS/c1-6(2)12-10(7-4-8(16)11(18)9(17)5-7)13-19-14(24-3)20-15(23)22(13)21-12/h4-6H,1-3H3,(H,19,20,23). The first-order valence-corrected chi connectivity index (χ1v) is 8.27. The van der Waals surface area contributed by atoms with Crippen LogP contribution >= 0.6 is 11.8 Å². The summed E-state index contributed by atoms with van der Waals surface area (Å²) in [6, 6.07) is 1.76. The summed E-state index contributed by atoms with van der Waals surface area (Å²) < 4.78 is 41.6. The van der Waals surface area contributed by atoms with Crippen molar-refractivity contribution in [3.05, 3.63) is 45.8 Å². The summed E-state index contributed by atoms with van der Waals surface area (Å²) in [6.07, 6.45) is 1.73. The van der Waals surface area contributed by atoms with E-state index in [2.05, 4.69) is 15.1 Å². The Morgan fingerprint density at radius 2 is 1.83 bits per heavy atom. The number of rotatable bonds is 3. The molecule has 3 rings (SSSR count). The molecule has 2 heterocycles. The zero-order valence-corrected chi connectivity index (χ0v) is 13.8. The molecule has 0 saturated heterocycles. The zero-order valence-electron chi connectivity index (χ0n) is 13.0. The minimum atomic E-state index is -1.54. The van der Waals surface area contributed by atoms with Crippen molar-refractivity contribution >= 4 is 17.4 Å². The van der Waals surface area contributed by atoms with E-state index in [4.69, 9.17) is 0 Å². The summed E-state index contributed by atoms with van der Waals surface area (Å²) in [5.41, 5.74) is 0.480. The maximum absolute atomic E-state index is 13.7. The van der Waals surface area contributed by atoms with Crippen molar-refractivity contribution in [2.24, 2.45) is 0 Å². The number of hydrogen-bond acceptors (Lipinski definition) is 4. The minimum Gasteiger partial charge on any atom is -0.285 e. The lowest BCUT2D eigenvalue weighted by molar-refractivity contribution is 0.447. The fourth-order valence-corrected chi connectivity index (χ4v) is 2.78. The Kier molecular flexibility index (Phi) is 4.12. The van der Waals surface area contributed by atoms with Crippen molar-refractivity contribution in [2.45, 2.75) is 24.9 Å². The molecule has 0 amide bonds. The number of fused-ring (bicyclic) bond motifs is 1. The van der Waals surface area contributed by atoms with Crippen LogP contribution in [-0.2, 0) is 0 Å². The van der Waals surface area contributed by atoms with Gasteiger partial charge in [0.2, 0.25) is 0 Å². The molecule has 1 aromatic carbocycles. The molecule has 9 heteroatoms. The number of aromatic nitrogens is 4. The first kappa shape index (κ1) is 16.6. The lowest BCUT2D eigenvalue weighted by Gasteiger charge is -2.07. The van der Waals surface area contributed by atoms with Gasteiger partial charge >= 0.3 is 5.69 Å². The number of hydrogen-bond donors (Lipinski definition) is 1. The highest BCUT2D eigenvalue weighted by atomic mass is 32.2. The van der Waals surface area contributed by atoms with E-state index in [9.17, 15) is 18.0 Å². The van der Waals surface area contributed by atoms with Gasteiger partial charge in [-0.25, -0.2) is 22.9 Å². The van der Waals surface area contributed by atoms with Crippen LogP contribution in [0.1, 0.15) is 25.5 Å². The van der Waals surface area contributed by atoms with Crippen LogP contribution in [0, 0.1) is 17.5 Å². The van der Waals surface area contributed by atoms with Crippen LogP contribution < -0.4 is 5.69 Å². The molecule has 5 nitrogen and oxygen atoms in total. The zero-order chi connectivity index (χ0) is 17.6. The van der Waals surface area contributed by atoms with E-state index < -0.39 is 23.1 Å². The molecule has 126 valence electrons. The number of nitrogens with one attached hydrogen (secondary N) is 1. The molecule has 0 saturated carbocycles. The van der Waals surface area contributed by atoms with Crippen molar-refractivity contribution in [1.29, 1.82) is 0 Å². The summed E-state index contributed by atoms with van der Waals surface area (Å²) >= 11 is 1.21. The molecule has 24 heavy (non-hydrogen) atoms. The topological polar surface area (TPSA) is 63.1 Å². The smallest absolute Gasteiger partial charge is 0.285 e. The lowest BCUT2D eigenvalue weighted by atomic mass is 9.99. The van der Waals surface area contributed by atoms with Gasteiger partial charge in [0.1, 0.15) is 0 Å². The van der Waals surface area contributed by atoms with Crippen LogP contribution in [0.15, 0.2) is 22.1 Å². The average molecular weight is 354 g/mol. The third kappa shape index (κ3) is 2.58. The van der Waals surface area contributed by atoms with Crippen LogP contribution in [0.4, 0.5) is 13.2 Å². The Labute approximate surface area is 138 Å². The molecular formula is C15H13F3N4OS. The maximum atomic E-state index is 13.7. The molecule has 0 aliphatic heterocycles. The highest BCUT2D eigenvalue weighted by molar-refractivity contribution is 7.98. The first-order chi connectivity index (χ1) is 11.3. The fourth-order valence-electron chi connectivity index (χ4n) is 2.42.